The van der Waals surface area contributed by atoms with Crippen LogP contribution in [0, 0.1) is 0 Å². The van der Waals surface area contributed by atoms with Gasteiger partial charge in [-0.2, -0.15) is 11.3 Å². The van der Waals surface area contributed by atoms with Crippen LogP contribution in [0.2, 0.25) is 0 Å². The zero-order valence-corrected chi connectivity index (χ0v) is 9.24. The molecule has 0 aromatic carbocycles. The first-order valence-corrected chi connectivity index (χ1v) is 5.87. The molecule has 0 atom stereocenters. The van der Waals surface area contributed by atoms with Crippen molar-refractivity contribution in [3.05, 3.63) is 27.8 Å². The highest BCUT2D eigenvalue weighted by molar-refractivity contribution is 7.18. The van der Waals surface area contributed by atoms with Crippen molar-refractivity contribution in [2.75, 3.05) is 5.73 Å². The van der Waals surface area contributed by atoms with Crippen LogP contribution >= 0.6 is 22.7 Å². The first-order valence-electron chi connectivity index (χ1n) is 4.11. The smallest absolute Gasteiger partial charge is 0.171 e. The number of hydrogen-bond acceptors (Lipinski definition) is 4. The van der Waals surface area contributed by atoms with Crippen LogP contribution < -0.4 is 5.73 Å². The van der Waals surface area contributed by atoms with E-state index in [-0.39, 0.29) is 5.78 Å². The monoisotopic (exact) mass is 223 g/mol. The molecule has 0 saturated heterocycles. The highest BCUT2D eigenvalue weighted by atomic mass is 32.1. The average Bonchev–Trinajstić information content (AvgIpc) is 2.70. The molecule has 14 heavy (non-hydrogen) atoms. The molecule has 0 aliphatic rings. The number of anilines is 1. The number of carbonyl (C=O) groups excluding carboxylic acids is 1. The molecule has 0 unspecified atom stereocenters. The summed E-state index contributed by atoms with van der Waals surface area (Å²) in [5.74, 6) is 0.0361. The van der Waals surface area contributed by atoms with E-state index < -0.39 is 0 Å². The molecule has 2 N–H and O–H groups in total. The molecule has 0 aliphatic heterocycles. The molecule has 2 nitrogen and oxygen atoms in total. The second kappa shape index (κ2) is 3.55. The second-order valence-electron chi connectivity index (χ2n) is 2.96. The first kappa shape index (κ1) is 9.43. The highest BCUT2D eigenvalue weighted by Gasteiger charge is 2.11. The van der Waals surface area contributed by atoms with Gasteiger partial charge in [-0.25, -0.2) is 0 Å². The van der Waals surface area contributed by atoms with Crippen LogP contribution in [0.4, 0.5) is 5.69 Å². The van der Waals surface area contributed by atoms with Crippen molar-refractivity contribution in [2.45, 2.75) is 6.92 Å². The van der Waals surface area contributed by atoms with E-state index in [1.165, 1.54) is 11.3 Å². The van der Waals surface area contributed by atoms with Crippen molar-refractivity contribution in [1.82, 2.24) is 0 Å². The van der Waals surface area contributed by atoms with Crippen molar-refractivity contribution in [1.29, 1.82) is 0 Å². The number of thiophene rings is 2. The Morgan fingerprint density at radius 2 is 2.29 bits per heavy atom. The van der Waals surface area contributed by atoms with Gasteiger partial charge in [-0.1, -0.05) is 0 Å². The van der Waals surface area contributed by atoms with Gasteiger partial charge in [0, 0.05) is 17.4 Å². The van der Waals surface area contributed by atoms with Gasteiger partial charge in [0.1, 0.15) is 0 Å². The van der Waals surface area contributed by atoms with Gasteiger partial charge in [-0.15, -0.1) is 11.3 Å². The van der Waals surface area contributed by atoms with Gasteiger partial charge in [0.15, 0.2) is 5.78 Å². The summed E-state index contributed by atoms with van der Waals surface area (Å²) in [5.41, 5.74) is 7.47. The average molecular weight is 223 g/mol. The number of nitrogen functional groups attached to an aromatic ring is 1. The molecular formula is C10H9NOS2. The lowest BCUT2D eigenvalue weighted by Crippen LogP contribution is -1.92. The van der Waals surface area contributed by atoms with Crippen LogP contribution in [-0.2, 0) is 0 Å². The van der Waals surface area contributed by atoms with E-state index in [0.29, 0.717) is 10.6 Å². The van der Waals surface area contributed by atoms with Crippen molar-refractivity contribution in [3.63, 3.8) is 0 Å². The quantitative estimate of drug-likeness (QED) is 0.794. The summed E-state index contributed by atoms with van der Waals surface area (Å²) in [7, 11) is 0. The number of hydrogen-bond donors (Lipinski definition) is 1. The molecule has 0 saturated carbocycles. The topological polar surface area (TPSA) is 43.1 Å². The summed E-state index contributed by atoms with van der Waals surface area (Å²) in [6, 6.07) is 3.89. The van der Waals surface area contributed by atoms with E-state index >= 15 is 0 Å². The third-order valence-electron chi connectivity index (χ3n) is 1.89. The van der Waals surface area contributed by atoms with Crippen molar-refractivity contribution in [3.8, 4) is 10.4 Å². The zero-order chi connectivity index (χ0) is 10.1. The van der Waals surface area contributed by atoms with Crippen molar-refractivity contribution < 1.29 is 4.79 Å². The molecule has 2 aromatic heterocycles. The van der Waals surface area contributed by atoms with Crippen LogP contribution in [0.5, 0.6) is 0 Å². The van der Waals surface area contributed by atoms with E-state index in [2.05, 4.69) is 5.38 Å². The fraction of sp³-hybridized carbons (Fsp3) is 0.100. The fourth-order valence-electron chi connectivity index (χ4n) is 1.23. The third-order valence-corrected chi connectivity index (χ3v) is 3.87. The van der Waals surface area contributed by atoms with Crippen LogP contribution in [0.1, 0.15) is 16.6 Å². The van der Waals surface area contributed by atoms with E-state index in [4.69, 9.17) is 5.73 Å². The largest absolute Gasteiger partial charge is 0.397 e. The number of rotatable bonds is 2. The molecule has 0 bridgehead atoms. The third kappa shape index (κ3) is 1.58. The van der Waals surface area contributed by atoms with Gasteiger partial charge >= 0.3 is 0 Å². The SMILES string of the molecule is CC(=O)c1sc(-c2ccsc2)cc1N. The van der Waals surface area contributed by atoms with Gasteiger partial charge in [-0.3, -0.25) is 4.79 Å². The van der Waals surface area contributed by atoms with Crippen LogP contribution in [0.15, 0.2) is 22.9 Å². The van der Waals surface area contributed by atoms with E-state index in [9.17, 15) is 4.79 Å². The Balaban J connectivity index is 2.48. The molecule has 2 aromatic rings. The minimum Gasteiger partial charge on any atom is -0.397 e. The number of Topliss-reactive ketones (excluding diaryl/α,β-unsaturated/α-hetero) is 1. The Hall–Kier alpha value is -1.13. The summed E-state index contributed by atoms with van der Waals surface area (Å²) in [5, 5.41) is 4.06. The number of carbonyl (C=O) groups is 1. The lowest BCUT2D eigenvalue weighted by molar-refractivity contribution is 0.102. The molecule has 0 spiro atoms. The maximum absolute atomic E-state index is 11.2. The summed E-state index contributed by atoms with van der Waals surface area (Å²) in [6.07, 6.45) is 0. The Kier molecular flexibility index (Phi) is 2.39. The Morgan fingerprint density at radius 3 is 2.79 bits per heavy atom. The standard InChI is InChI=1S/C10H9NOS2/c1-6(12)10-8(11)4-9(14-10)7-2-3-13-5-7/h2-5H,11H2,1H3. The number of ketones is 1. The van der Waals surface area contributed by atoms with E-state index in [1.54, 1.807) is 18.3 Å². The molecule has 0 amide bonds. The molecule has 0 aliphatic carbocycles. The summed E-state index contributed by atoms with van der Waals surface area (Å²) in [6.45, 7) is 1.54. The number of nitrogens with two attached hydrogens (primary N) is 1. The van der Waals surface area contributed by atoms with Crippen molar-refractivity contribution >= 4 is 34.1 Å². The summed E-state index contributed by atoms with van der Waals surface area (Å²) < 4.78 is 0. The predicted octanol–water partition coefficient (Wildman–Crippen LogP) is 3.26. The highest BCUT2D eigenvalue weighted by Crippen LogP contribution is 2.34. The predicted molar refractivity (Wildman–Crippen MR) is 62.0 cm³/mol. The van der Waals surface area contributed by atoms with E-state index in [1.807, 2.05) is 17.5 Å². The van der Waals surface area contributed by atoms with Gasteiger partial charge in [-0.05, 0) is 22.9 Å². The summed E-state index contributed by atoms with van der Waals surface area (Å²) in [4.78, 5) is 12.9. The second-order valence-corrected chi connectivity index (χ2v) is 4.80. The maximum Gasteiger partial charge on any atom is 0.171 e. The van der Waals surface area contributed by atoms with Crippen molar-refractivity contribution in [2.24, 2.45) is 0 Å². The molecule has 72 valence electrons. The molecular weight excluding hydrogens is 214 g/mol. The zero-order valence-electron chi connectivity index (χ0n) is 7.61. The van der Waals surface area contributed by atoms with Gasteiger partial charge < -0.3 is 5.73 Å². The molecule has 0 radical (unpaired) electrons. The first-order chi connectivity index (χ1) is 6.68. The van der Waals surface area contributed by atoms with E-state index in [0.717, 1.165) is 10.4 Å². The lowest BCUT2D eigenvalue weighted by atomic mass is 10.2. The minimum absolute atomic E-state index is 0.0361. The van der Waals surface area contributed by atoms with Crippen LogP contribution in [-0.4, -0.2) is 5.78 Å². The molecule has 2 heterocycles. The van der Waals surface area contributed by atoms with Crippen LogP contribution in [0.25, 0.3) is 10.4 Å². The Morgan fingerprint density at radius 1 is 1.50 bits per heavy atom. The molecule has 4 heteroatoms. The fourth-order valence-corrected chi connectivity index (χ4v) is 2.93. The molecule has 2 rings (SSSR count). The normalized spacial score (nSPS) is 10.4. The molecule has 0 fully saturated rings. The lowest BCUT2D eigenvalue weighted by Gasteiger charge is -1.88. The van der Waals surface area contributed by atoms with Gasteiger partial charge in [0.2, 0.25) is 0 Å². The summed E-state index contributed by atoms with van der Waals surface area (Å²) >= 11 is 3.10. The maximum atomic E-state index is 11.2. The van der Waals surface area contributed by atoms with Crippen LogP contribution in [0.3, 0.4) is 0 Å². The van der Waals surface area contributed by atoms with Gasteiger partial charge in [0.05, 0.1) is 10.6 Å². The van der Waals surface area contributed by atoms with Gasteiger partial charge in [0.25, 0.3) is 0 Å². The Bertz CT molecular complexity index is 456. The Labute approximate surface area is 90.0 Å². The minimum atomic E-state index is 0.0361.